The second-order valence-electron chi connectivity index (χ2n) is 6.56. The molecule has 2 atom stereocenters. The first-order chi connectivity index (χ1) is 8.27. The molecule has 2 unspecified atom stereocenters. The molecule has 0 bridgehead atoms. The molecule has 0 aromatic carbocycles. The molecule has 1 saturated heterocycles. The fraction of sp³-hybridized carbons (Fsp3) is 0.929. The first-order valence-corrected chi connectivity index (χ1v) is 6.93. The van der Waals surface area contributed by atoms with E-state index in [1.54, 1.807) is 0 Å². The number of carbonyl (C=O) groups excluding carboxylic acids is 1. The zero-order valence-electron chi connectivity index (χ0n) is 12.8. The van der Waals surface area contributed by atoms with Crippen LogP contribution in [0.3, 0.4) is 0 Å². The Kier molecular flexibility index (Phi) is 5.17. The molecule has 0 radical (unpaired) electrons. The average molecular weight is 255 g/mol. The molecule has 1 aliphatic rings. The first kappa shape index (κ1) is 15.4. The number of hydrogen-bond acceptors (Lipinski definition) is 3. The second-order valence-corrected chi connectivity index (χ2v) is 6.56. The maximum absolute atomic E-state index is 12.5. The SMILES string of the molecule is CNCCC1C(=O)N(C)CC(C)CN1C(C)(C)C. The highest BCUT2D eigenvalue weighted by Crippen LogP contribution is 2.25. The van der Waals surface area contributed by atoms with E-state index >= 15 is 0 Å². The summed E-state index contributed by atoms with van der Waals surface area (Å²) in [5, 5.41) is 3.16. The van der Waals surface area contributed by atoms with Gasteiger partial charge in [0.15, 0.2) is 0 Å². The van der Waals surface area contributed by atoms with Crippen LogP contribution in [0.4, 0.5) is 0 Å². The lowest BCUT2D eigenvalue weighted by atomic mass is 9.99. The van der Waals surface area contributed by atoms with Crippen molar-refractivity contribution in [2.75, 3.05) is 33.7 Å². The monoisotopic (exact) mass is 255 g/mol. The number of amides is 1. The van der Waals surface area contributed by atoms with E-state index in [-0.39, 0.29) is 17.5 Å². The van der Waals surface area contributed by atoms with Gasteiger partial charge in [-0.1, -0.05) is 6.92 Å². The molecule has 1 amide bonds. The smallest absolute Gasteiger partial charge is 0.239 e. The Morgan fingerprint density at radius 3 is 2.44 bits per heavy atom. The van der Waals surface area contributed by atoms with Crippen molar-refractivity contribution in [3.05, 3.63) is 0 Å². The maximum atomic E-state index is 12.5. The third-order valence-electron chi connectivity index (χ3n) is 3.66. The Morgan fingerprint density at radius 2 is 1.94 bits per heavy atom. The third kappa shape index (κ3) is 3.69. The van der Waals surface area contributed by atoms with Gasteiger partial charge in [-0.2, -0.15) is 0 Å². The molecule has 1 fully saturated rings. The number of nitrogens with one attached hydrogen (secondary N) is 1. The van der Waals surface area contributed by atoms with E-state index in [0.29, 0.717) is 5.92 Å². The Morgan fingerprint density at radius 1 is 1.33 bits per heavy atom. The lowest BCUT2D eigenvalue weighted by molar-refractivity contribution is -0.136. The minimum Gasteiger partial charge on any atom is -0.344 e. The van der Waals surface area contributed by atoms with E-state index < -0.39 is 0 Å². The topological polar surface area (TPSA) is 35.6 Å². The molecule has 0 saturated carbocycles. The van der Waals surface area contributed by atoms with E-state index in [0.717, 1.165) is 26.1 Å². The molecule has 1 heterocycles. The van der Waals surface area contributed by atoms with Crippen molar-refractivity contribution in [2.24, 2.45) is 5.92 Å². The van der Waals surface area contributed by atoms with Gasteiger partial charge in [0.1, 0.15) is 0 Å². The number of hydrogen-bond donors (Lipinski definition) is 1. The standard InChI is InChI=1S/C14H29N3O/c1-11-9-16(6)13(18)12(7-8-15-5)17(10-11)14(2,3)4/h11-12,15H,7-10H2,1-6H3. The molecule has 1 N–H and O–H groups in total. The van der Waals surface area contributed by atoms with Gasteiger partial charge in [-0.3, -0.25) is 9.69 Å². The van der Waals surface area contributed by atoms with Crippen molar-refractivity contribution in [3.8, 4) is 0 Å². The van der Waals surface area contributed by atoms with Gasteiger partial charge < -0.3 is 10.2 Å². The van der Waals surface area contributed by atoms with Crippen molar-refractivity contribution in [2.45, 2.75) is 45.7 Å². The molecule has 1 rings (SSSR count). The fourth-order valence-corrected chi connectivity index (χ4v) is 2.77. The molecule has 0 spiro atoms. The summed E-state index contributed by atoms with van der Waals surface area (Å²) in [6.45, 7) is 11.6. The maximum Gasteiger partial charge on any atom is 0.239 e. The second kappa shape index (κ2) is 6.02. The van der Waals surface area contributed by atoms with Gasteiger partial charge in [-0.05, 0) is 46.7 Å². The predicted molar refractivity (Wildman–Crippen MR) is 75.6 cm³/mol. The van der Waals surface area contributed by atoms with E-state index in [1.807, 2.05) is 19.0 Å². The van der Waals surface area contributed by atoms with Crippen LogP contribution >= 0.6 is 0 Å². The molecule has 4 heteroatoms. The quantitative estimate of drug-likeness (QED) is 0.822. The molecular formula is C14H29N3O. The van der Waals surface area contributed by atoms with Crippen LogP contribution in [0.2, 0.25) is 0 Å². The van der Waals surface area contributed by atoms with Gasteiger partial charge in [-0.25, -0.2) is 0 Å². The number of nitrogens with zero attached hydrogens (tertiary/aromatic N) is 2. The lowest BCUT2D eigenvalue weighted by Gasteiger charge is -2.40. The van der Waals surface area contributed by atoms with Crippen LogP contribution in [0.15, 0.2) is 0 Å². The summed E-state index contributed by atoms with van der Waals surface area (Å²) < 4.78 is 0. The normalized spacial score (nSPS) is 27.4. The third-order valence-corrected chi connectivity index (χ3v) is 3.66. The Labute approximate surface area is 112 Å². The van der Waals surface area contributed by atoms with Crippen LogP contribution in [-0.4, -0.2) is 61.0 Å². The summed E-state index contributed by atoms with van der Waals surface area (Å²) in [6, 6.07) is 0.00685. The fourth-order valence-electron chi connectivity index (χ4n) is 2.77. The largest absolute Gasteiger partial charge is 0.344 e. The van der Waals surface area contributed by atoms with Gasteiger partial charge in [0.25, 0.3) is 0 Å². The Bertz CT molecular complexity index is 285. The minimum atomic E-state index is 0.00685. The van der Waals surface area contributed by atoms with E-state index in [2.05, 4.69) is 37.9 Å². The van der Waals surface area contributed by atoms with E-state index in [4.69, 9.17) is 0 Å². The Balaban J connectivity index is 2.96. The summed E-state index contributed by atoms with van der Waals surface area (Å²) in [6.07, 6.45) is 0.879. The number of rotatable bonds is 3. The molecule has 18 heavy (non-hydrogen) atoms. The lowest BCUT2D eigenvalue weighted by Crippen LogP contribution is -2.53. The number of carbonyl (C=O) groups is 1. The molecule has 0 aromatic heterocycles. The highest BCUT2D eigenvalue weighted by Gasteiger charge is 2.38. The van der Waals surface area contributed by atoms with Gasteiger partial charge in [-0.15, -0.1) is 0 Å². The van der Waals surface area contributed by atoms with E-state index in [1.165, 1.54) is 0 Å². The zero-order valence-corrected chi connectivity index (χ0v) is 12.8. The Hall–Kier alpha value is -0.610. The molecule has 0 aliphatic carbocycles. The number of likely N-dealkylation sites (N-methyl/N-ethyl adjacent to an activating group) is 1. The van der Waals surface area contributed by atoms with Gasteiger partial charge in [0.2, 0.25) is 5.91 Å². The van der Waals surface area contributed by atoms with Crippen molar-refractivity contribution < 1.29 is 4.79 Å². The van der Waals surface area contributed by atoms with Crippen LogP contribution < -0.4 is 5.32 Å². The predicted octanol–water partition coefficient (Wildman–Crippen LogP) is 1.17. The minimum absolute atomic E-state index is 0.00685. The average Bonchev–Trinajstić information content (AvgIpc) is 2.35. The van der Waals surface area contributed by atoms with Crippen molar-refractivity contribution in [1.82, 2.24) is 15.1 Å². The molecule has 106 valence electrons. The summed E-state index contributed by atoms with van der Waals surface area (Å²) >= 11 is 0. The first-order valence-electron chi connectivity index (χ1n) is 6.93. The summed E-state index contributed by atoms with van der Waals surface area (Å²) in [7, 11) is 3.87. The summed E-state index contributed by atoms with van der Waals surface area (Å²) in [5.41, 5.74) is 0.0352. The highest BCUT2D eigenvalue weighted by atomic mass is 16.2. The van der Waals surface area contributed by atoms with Crippen molar-refractivity contribution in [1.29, 1.82) is 0 Å². The van der Waals surface area contributed by atoms with Gasteiger partial charge >= 0.3 is 0 Å². The highest BCUT2D eigenvalue weighted by molar-refractivity contribution is 5.82. The van der Waals surface area contributed by atoms with Crippen LogP contribution in [-0.2, 0) is 4.79 Å². The van der Waals surface area contributed by atoms with Crippen LogP contribution in [0.25, 0.3) is 0 Å². The molecule has 1 aliphatic heterocycles. The van der Waals surface area contributed by atoms with Crippen LogP contribution in [0.1, 0.15) is 34.1 Å². The van der Waals surface area contributed by atoms with Crippen LogP contribution in [0.5, 0.6) is 0 Å². The van der Waals surface area contributed by atoms with Crippen molar-refractivity contribution in [3.63, 3.8) is 0 Å². The van der Waals surface area contributed by atoms with Gasteiger partial charge in [0, 0.05) is 25.7 Å². The summed E-state index contributed by atoms with van der Waals surface area (Å²) in [5.74, 6) is 0.794. The van der Waals surface area contributed by atoms with Crippen LogP contribution in [0, 0.1) is 5.92 Å². The summed E-state index contributed by atoms with van der Waals surface area (Å²) in [4.78, 5) is 16.8. The molecular weight excluding hydrogens is 226 g/mol. The zero-order chi connectivity index (χ0) is 13.9. The van der Waals surface area contributed by atoms with Crippen molar-refractivity contribution >= 4 is 5.91 Å². The van der Waals surface area contributed by atoms with E-state index in [9.17, 15) is 4.79 Å². The molecule has 0 aromatic rings. The molecule has 4 nitrogen and oxygen atoms in total. The van der Waals surface area contributed by atoms with Gasteiger partial charge in [0.05, 0.1) is 6.04 Å².